The van der Waals surface area contributed by atoms with Crippen LogP contribution < -0.4 is 10.6 Å². The van der Waals surface area contributed by atoms with Crippen LogP contribution in [0.5, 0.6) is 0 Å². The first-order valence-electron chi connectivity index (χ1n) is 10.0. The minimum absolute atomic E-state index is 0.113. The number of thioether (sulfide) groups is 1. The molecule has 0 bridgehead atoms. The highest BCUT2D eigenvalue weighted by molar-refractivity contribution is 8.00. The number of carbonyl (C=O) groups excluding carboxylic acids is 2. The number of aliphatic carboxylic acids is 1. The number of rotatable bonds is 9. The van der Waals surface area contributed by atoms with E-state index in [9.17, 15) is 19.6 Å². The summed E-state index contributed by atoms with van der Waals surface area (Å²) >= 11 is 2.62. The number of benzene rings is 2. The normalized spacial score (nSPS) is 11.3. The third-order valence-corrected chi connectivity index (χ3v) is 6.58. The highest BCUT2D eigenvalue weighted by atomic mass is 32.2. The molecule has 0 saturated heterocycles. The molecule has 1 unspecified atom stereocenters. The number of nitrogens with one attached hydrogen (secondary N) is 2. The number of anilines is 2. The predicted octanol–water partition coefficient (Wildman–Crippen LogP) is 5.21. The fourth-order valence-corrected chi connectivity index (χ4v) is 4.80. The number of thiophene rings is 1. The van der Waals surface area contributed by atoms with Crippen molar-refractivity contribution in [2.24, 2.45) is 0 Å². The van der Waals surface area contributed by atoms with Crippen LogP contribution in [0.25, 0.3) is 11.1 Å². The van der Waals surface area contributed by atoms with E-state index in [1.807, 2.05) is 41.8 Å². The summed E-state index contributed by atoms with van der Waals surface area (Å²) in [5.41, 5.74) is 2.66. The molecule has 0 fully saturated rings. The summed E-state index contributed by atoms with van der Waals surface area (Å²) in [5, 5.41) is 25.7. The average Bonchev–Trinajstić information content (AvgIpc) is 3.21. The number of carboxylic acid groups (broad SMARTS) is 1. The molecule has 1 atom stereocenters. The van der Waals surface area contributed by atoms with Gasteiger partial charge in [0.25, 0.3) is 0 Å². The van der Waals surface area contributed by atoms with Gasteiger partial charge in [0, 0.05) is 27.9 Å². The number of nitriles is 1. The Hall–Kier alpha value is -3.61. The number of hydrogen-bond acceptors (Lipinski definition) is 6. The van der Waals surface area contributed by atoms with Gasteiger partial charge in [0.15, 0.2) is 0 Å². The van der Waals surface area contributed by atoms with E-state index in [-0.39, 0.29) is 24.7 Å². The van der Waals surface area contributed by atoms with Crippen molar-refractivity contribution in [3.63, 3.8) is 0 Å². The molecule has 7 nitrogen and oxygen atoms in total. The molecule has 9 heteroatoms. The van der Waals surface area contributed by atoms with E-state index in [1.54, 1.807) is 25.1 Å². The van der Waals surface area contributed by atoms with E-state index >= 15 is 0 Å². The lowest BCUT2D eigenvalue weighted by Crippen LogP contribution is -2.22. The Morgan fingerprint density at radius 2 is 1.85 bits per heavy atom. The second-order valence-corrected chi connectivity index (χ2v) is 9.34. The number of carbonyl (C=O) groups is 3. The molecule has 0 aliphatic heterocycles. The Bertz CT molecular complexity index is 1200. The van der Waals surface area contributed by atoms with Gasteiger partial charge < -0.3 is 15.7 Å². The molecule has 3 aromatic rings. The maximum atomic E-state index is 12.8. The third-order valence-electron chi connectivity index (χ3n) is 4.59. The molecule has 1 aromatic heterocycles. The minimum atomic E-state index is -1.03. The molecule has 33 heavy (non-hydrogen) atoms. The van der Waals surface area contributed by atoms with Gasteiger partial charge in [-0.1, -0.05) is 36.4 Å². The summed E-state index contributed by atoms with van der Waals surface area (Å²) in [4.78, 5) is 36.0. The van der Waals surface area contributed by atoms with Gasteiger partial charge in [-0.3, -0.25) is 14.4 Å². The first-order valence-corrected chi connectivity index (χ1v) is 11.8. The van der Waals surface area contributed by atoms with Crippen molar-refractivity contribution in [1.29, 1.82) is 5.26 Å². The Morgan fingerprint density at radius 1 is 1.09 bits per heavy atom. The summed E-state index contributed by atoms with van der Waals surface area (Å²) in [6.07, 6.45) is -0.352. The van der Waals surface area contributed by atoms with Crippen LogP contribution in [0, 0.1) is 11.3 Å². The Balaban J connectivity index is 1.64. The van der Waals surface area contributed by atoms with Crippen LogP contribution in [0.3, 0.4) is 0 Å². The number of amides is 2. The molecule has 0 saturated carbocycles. The highest BCUT2D eigenvalue weighted by Crippen LogP contribution is 2.35. The van der Waals surface area contributed by atoms with Gasteiger partial charge in [-0.05, 0) is 30.7 Å². The fraction of sp³-hybridized carbons (Fsp3) is 0.167. The van der Waals surface area contributed by atoms with E-state index in [1.165, 1.54) is 23.1 Å². The lowest BCUT2D eigenvalue weighted by atomic mass is 10.1. The van der Waals surface area contributed by atoms with Crippen molar-refractivity contribution in [2.45, 2.75) is 29.9 Å². The van der Waals surface area contributed by atoms with Crippen LogP contribution in [0.2, 0.25) is 0 Å². The molecule has 0 radical (unpaired) electrons. The molecule has 0 aliphatic rings. The summed E-state index contributed by atoms with van der Waals surface area (Å²) in [7, 11) is 0. The average molecular weight is 480 g/mol. The maximum absolute atomic E-state index is 12.8. The Morgan fingerprint density at radius 3 is 2.55 bits per heavy atom. The summed E-state index contributed by atoms with van der Waals surface area (Å²) in [6.45, 7) is 1.76. The molecule has 0 aliphatic carbocycles. The largest absolute Gasteiger partial charge is 0.481 e. The first-order chi connectivity index (χ1) is 15.9. The zero-order valence-electron chi connectivity index (χ0n) is 17.7. The Labute approximate surface area is 199 Å². The monoisotopic (exact) mass is 479 g/mol. The fourth-order valence-electron chi connectivity index (χ4n) is 2.95. The molecule has 3 N–H and O–H groups in total. The van der Waals surface area contributed by atoms with E-state index < -0.39 is 11.2 Å². The highest BCUT2D eigenvalue weighted by Gasteiger charge is 2.20. The zero-order valence-corrected chi connectivity index (χ0v) is 19.3. The van der Waals surface area contributed by atoms with E-state index in [0.29, 0.717) is 16.3 Å². The molecule has 168 valence electrons. The number of nitrogens with zero attached hydrogens (tertiary/aromatic N) is 1. The second kappa shape index (κ2) is 11.3. The summed E-state index contributed by atoms with van der Waals surface area (Å²) < 4.78 is 0. The van der Waals surface area contributed by atoms with Crippen LogP contribution in [-0.2, 0) is 14.4 Å². The molecule has 2 amide bonds. The van der Waals surface area contributed by atoms with E-state index in [4.69, 9.17) is 5.11 Å². The van der Waals surface area contributed by atoms with Crippen LogP contribution >= 0.6 is 23.1 Å². The third kappa shape index (κ3) is 6.68. The van der Waals surface area contributed by atoms with Gasteiger partial charge >= 0.3 is 5.97 Å². The lowest BCUT2D eigenvalue weighted by Gasteiger charge is -2.12. The standard InChI is InChI=1S/C24H21N3O4S2/c1-15(33-18-9-5-8-17(12-18)26-21(28)10-11-22(29)30)23(31)27-24-19(13-25)20(14-32-24)16-6-3-2-4-7-16/h2-9,12,14-15H,10-11H2,1H3,(H,26,28)(H,27,31)(H,29,30). The summed E-state index contributed by atoms with van der Waals surface area (Å²) in [6, 6.07) is 18.7. The molecule has 1 heterocycles. The lowest BCUT2D eigenvalue weighted by molar-refractivity contribution is -0.138. The molecular weight excluding hydrogens is 458 g/mol. The number of carboxylic acids is 1. The van der Waals surface area contributed by atoms with Gasteiger partial charge in [0.1, 0.15) is 11.1 Å². The maximum Gasteiger partial charge on any atom is 0.303 e. The van der Waals surface area contributed by atoms with Crippen molar-refractivity contribution < 1.29 is 19.5 Å². The van der Waals surface area contributed by atoms with Crippen LogP contribution in [0.4, 0.5) is 10.7 Å². The SMILES string of the molecule is CC(Sc1cccc(NC(=O)CCC(=O)O)c1)C(=O)Nc1scc(-c2ccccc2)c1C#N. The predicted molar refractivity (Wildman–Crippen MR) is 130 cm³/mol. The van der Waals surface area contributed by atoms with E-state index in [2.05, 4.69) is 16.7 Å². The van der Waals surface area contributed by atoms with Crippen molar-refractivity contribution in [3.8, 4) is 17.2 Å². The van der Waals surface area contributed by atoms with E-state index in [0.717, 1.165) is 16.0 Å². The van der Waals surface area contributed by atoms with Gasteiger partial charge in [-0.25, -0.2) is 0 Å². The van der Waals surface area contributed by atoms with Crippen molar-refractivity contribution in [1.82, 2.24) is 0 Å². The number of hydrogen-bond donors (Lipinski definition) is 3. The van der Waals surface area contributed by atoms with Crippen molar-refractivity contribution in [3.05, 3.63) is 65.5 Å². The van der Waals surface area contributed by atoms with Gasteiger partial charge in [0.05, 0.1) is 17.2 Å². The van der Waals surface area contributed by atoms with Crippen molar-refractivity contribution >= 4 is 51.6 Å². The van der Waals surface area contributed by atoms with Gasteiger partial charge in [-0.2, -0.15) is 5.26 Å². The van der Waals surface area contributed by atoms with Crippen LogP contribution in [-0.4, -0.2) is 28.1 Å². The summed E-state index contributed by atoms with van der Waals surface area (Å²) in [5.74, 6) is -1.66. The van der Waals surface area contributed by atoms with Crippen LogP contribution in [0.1, 0.15) is 25.3 Å². The first kappa shape index (κ1) is 24.0. The molecule has 3 rings (SSSR count). The van der Waals surface area contributed by atoms with Crippen LogP contribution in [0.15, 0.2) is 64.9 Å². The van der Waals surface area contributed by atoms with Gasteiger partial charge in [0.2, 0.25) is 11.8 Å². The molecule has 2 aromatic carbocycles. The topological polar surface area (TPSA) is 119 Å². The second-order valence-electron chi connectivity index (χ2n) is 7.05. The minimum Gasteiger partial charge on any atom is -0.481 e. The molecule has 0 spiro atoms. The quantitative estimate of drug-likeness (QED) is 0.363. The van der Waals surface area contributed by atoms with Gasteiger partial charge in [-0.15, -0.1) is 23.1 Å². The smallest absolute Gasteiger partial charge is 0.303 e. The molecular formula is C24H21N3O4S2. The zero-order chi connectivity index (χ0) is 23.8. The Kier molecular flexibility index (Phi) is 8.24. The van der Waals surface area contributed by atoms with Crippen molar-refractivity contribution in [2.75, 3.05) is 10.6 Å².